The van der Waals surface area contributed by atoms with Crippen LogP contribution < -0.4 is 5.48 Å². The van der Waals surface area contributed by atoms with Gasteiger partial charge in [-0.2, -0.15) is 5.48 Å². The fourth-order valence-electron chi connectivity index (χ4n) is 1.72. The molecule has 0 aliphatic carbocycles. The van der Waals surface area contributed by atoms with Gasteiger partial charge in [-0.3, -0.25) is 4.84 Å². The summed E-state index contributed by atoms with van der Waals surface area (Å²) in [6.45, 7) is 2.22. The first-order valence-electron chi connectivity index (χ1n) is 8.47. The summed E-state index contributed by atoms with van der Waals surface area (Å²) in [4.78, 5) is 16.3. The number of carbonyl (C=O) groups excluding carboxylic acids is 1. The molecule has 0 fully saturated rings. The standard InChI is InChI=1S/C17H27NO8S/c1-27(20,21)14-13-24-10-9-22-7-8-23-11-12-26-18-17(19)25-15-16-5-3-2-4-6-16/h2-6H,7-15H2,1H3,(H,18,19). The van der Waals surface area contributed by atoms with E-state index >= 15 is 0 Å². The van der Waals surface area contributed by atoms with Crippen molar-refractivity contribution >= 4 is 15.9 Å². The Labute approximate surface area is 159 Å². The lowest BCUT2D eigenvalue weighted by Crippen LogP contribution is -2.26. The van der Waals surface area contributed by atoms with E-state index in [0.717, 1.165) is 11.8 Å². The van der Waals surface area contributed by atoms with E-state index in [1.54, 1.807) is 0 Å². The smallest absolute Gasteiger partial charge is 0.431 e. The van der Waals surface area contributed by atoms with E-state index in [0.29, 0.717) is 26.4 Å². The number of carbonyl (C=O) groups is 1. The molecule has 9 nitrogen and oxygen atoms in total. The summed E-state index contributed by atoms with van der Waals surface area (Å²) in [6, 6.07) is 9.31. The Balaban J connectivity index is 1.81. The van der Waals surface area contributed by atoms with Gasteiger partial charge in [0, 0.05) is 6.26 Å². The van der Waals surface area contributed by atoms with E-state index in [1.807, 2.05) is 30.3 Å². The number of sulfone groups is 1. The van der Waals surface area contributed by atoms with Gasteiger partial charge in [0.25, 0.3) is 0 Å². The van der Waals surface area contributed by atoms with E-state index in [4.69, 9.17) is 23.8 Å². The molecule has 0 heterocycles. The predicted molar refractivity (Wildman–Crippen MR) is 97.9 cm³/mol. The maximum Gasteiger partial charge on any atom is 0.431 e. The second kappa shape index (κ2) is 14.4. The Hall–Kier alpha value is -1.72. The van der Waals surface area contributed by atoms with Crippen LogP contribution in [0.5, 0.6) is 0 Å². The summed E-state index contributed by atoms with van der Waals surface area (Å²) < 4.78 is 42.3. The molecule has 0 aliphatic rings. The van der Waals surface area contributed by atoms with Gasteiger partial charge < -0.3 is 18.9 Å². The minimum Gasteiger partial charge on any atom is -0.443 e. The van der Waals surface area contributed by atoms with Gasteiger partial charge in [-0.25, -0.2) is 13.2 Å². The van der Waals surface area contributed by atoms with Crippen molar-refractivity contribution in [3.05, 3.63) is 35.9 Å². The van der Waals surface area contributed by atoms with Gasteiger partial charge in [0.1, 0.15) is 16.4 Å². The van der Waals surface area contributed by atoms with Crippen LogP contribution in [0, 0.1) is 0 Å². The number of nitrogens with one attached hydrogen (secondary N) is 1. The van der Waals surface area contributed by atoms with Crippen molar-refractivity contribution < 1.29 is 37.0 Å². The highest BCUT2D eigenvalue weighted by Crippen LogP contribution is 2.00. The average Bonchev–Trinajstić information content (AvgIpc) is 2.63. The van der Waals surface area contributed by atoms with Gasteiger partial charge >= 0.3 is 6.09 Å². The van der Waals surface area contributed by atoms with Crippen LogP contribution in [0.2, 0.25) is 0 Å². The Bertz CT molecular complexity index is 609. The molecule has 1 N–H and O–H groups in total. The van der Waals surface area contributed by atoms with Gasteiger partial charge in [-0.15, -0.1) is 0 Å². The first-order valence-corrected chi connectivity index (χ1v) is 10.5. The van der Waals surface area contributed by atoms with E-state index in [9.17, 15) is 13.2 Å². The molecular formula is C17H27NO8S. The highest BCUT2D eigenvalue weighted by atomic mass is 32.2. The summed E-state index contributed by atoms with van der Waals surface area (Å²) >= 11 is 0. The first-order chi connectivity index (χ1) is 13.0. The summed E-state index contributed by atoms with van der Waals surface area (Å²) in [7, 11) is -2.99. The Morgan fingerprint density at radius 1 is 0.889 bits per heavy atom. The van der Waals surface area contributed by atoms with Gasteiger partial charge in [0.05, 0.1) is 52.0 Å². The first kappa shape index (κ1) is 23.3. The Morgan fingerprint density at radius 2 is 1.44 bits per heavy atom. The predicted octanol–water partition coefficient (Wildman–Crippen LogP) is 0.939. The highest BCUT2D eigenvalue weighted by molar-refractivity contribution is 7.90. The average molecular weight is 405 g/mol. The lowest BCUT2D eigenvalue weighted by molar-refractivity contribution is -0.0239. The summed E-state index contributed by atoms with van der Waals surface area (Å²) in [5.41, 5.74) is 3.05. The van der Waals surface area contributed by atoms with E-state index < -0.39 is 15.9 Å². The lowest BCUT2D eigenvalue weighted by atomic mass is 10.2. The van der Waals surface area contributed by atoms with Gasteiger partial charge in [0.15, 0.2) is 0 Å². The molecule has 10 heteroatoms. The van der Waals surface area contributed by atoms with Crippen molar-refractivity contribution in [2.75, 3.05) is 58.3 Å². The second-order valence-corrected chi connectivity index (χ2v) is 7.74. The van der Waals surface area contributed by atoms with E-state index in [1.165, 1.54) is 0 Å². The van der Waals surface area contributed by atoms with Gasteiger partial charge in [0.2, 0.25) is 0 Å². The van der Waals surface area contributed by atoms with Gasteiger partial charge in [-0.05, 0) is 5.56 Å². The number of amides is 1. The van der Waals surface area contributed by atoms with E-state index in [-0.39, 0.29) is 32.2 Å². The third-order valence-corrected chi connectivity index (χ3v) is 3.95. The summed E-state index contributed by atoms with van der Waals surface area (Å²) in [5.74, 6) is 0.00391. The van der Waals surface area contributed by atoms with Crippen LogP contribution >= 0.6 is 0 Å². The molecule has 0 bridgehead atoms. The molecule has 0 aromatic heterocycles. The van der Waals surface area contributed by atoms with Crippen LogP contribution in [0.3, 0.4) is 0 Å². The van der Waals surface area contributed by atoms with Crippen LogP contribution in [0.1, 0.15) is 5.56 Å². The molecule has 0 saturated carbocycles. The van der Waals surface area contributed by atoms with Crippen molar-refractivity contribution in [1.82, 2.24) is 5.48 Å². The van der Waals surface area contributed by atoms with Crippen LogP contribution in [0.4, 0.5) is 4.79 Å². The molecule has 1 aromatic carbocycles. The van der Waals surface area contributed by atoms with Crippen LogP contribution in [0.25, 0.3) is 0 Å². The zero-order valence-electron chi connectivity index (χ0n) is 15.4. The molecule has 0 unspecified atom stereocenters. The summed E-state index contributed by atoms with van der Waals surface area (Å²) in [5, 5.41) is 0. The molecule has 0 spiro atoms. The molecule has 27 heavy (non-hydrogen) atoms. The SMILES string of the molecule is CS(=O)(=O)CCOCCOCCOCCONC(=O)OCc1ccccc1. The van der Waals surface area contributed by atoms with Crippen molar-refractivity contribution in [3.63, 3.8) is 0 Å². The quantitative estimate of drug-likeness (QED) is 0.339. The Kier molecular flexibility index (Phi) is 12.4. The fourth-order valence-corrected chi connectivity index (χ4v) is 2.14. The molecule has 0 radical (unpaired) electrons. The normalized spacial score (nSPS) is 11.3. The number of benzene rings is 1. The van der Waals surface area contributed by atoms with Crippen LogP contribution in [-0.4, -0.2) is 72.8 Å². The minimum atomic E-state index is -2.99. The molecule has 0 atom stereocenters. The fraction of sp³-hybridized carbons (Fsp3) is 0.588. The largest absolute Gasteiger partial charge is 0.443 e. The Morgan fingerprint density at radius 3 is 2.04 bits per heavy atom. The number of ether oxygens (including phenoxy) is 4. The molecule has 0 saturated heterocycles. The van der Waals surface area contributed by atoms with Crippen LogP contribution in [0.15, 0.2) is 30.3 Å². The third kappa shape index (κ3) is 15.1. The zero-order valence-corrected chi connectivity index (χ0v) is 16.2. The molecule has 1 aromatic rings. The molecule has 1 rings (SSSR count). The van der Waals surface area contributed by atoms with E-state index in [2.05, 4.69) is 5.48 Å². The maximum absolute atomic E-state index is 11.4. The van der Waals surface area contributed by atoms with Crippen molar-refractivity contribution in [1.29, 1.82) is 0 Å². The maximum atomic E-state index is 11.4. The third-order valence-electron chi connectivity index (χ3n) is 3.04. The summed E-state index contributed by atoms with van der Waals surface area (Å²) in [6.07, 6.45) is 0.495. The number of hydroxylamine groups is 1. The number of hydrogen-bond acceptors (Lipinski definition) is 8. The topological polar surface area (TPSA) is 109 Å². The van der Waals surface area contributed by atoms with Crippen LogP contribution in [-0.2, 0) is 40.2 Å². The molecule has 154 valence electrons. The van der Waals surface area contributed by atoms with Crippen molar-refractivity contribution in [2.24, 2.45) is 0 Å². The molecule has 1 amide bonds. The second-order valence-electron chi connectivity index (χ2n) is 5.48. The highest BCUT2D eigenvalue weighted by Gasteiger charge is 2.02. The van der Waals surface area contributed by atoms with Crippen molar-refractivity contribution in [2.45, 2.75) is 6.61 Å². The lowest BCUT2D eigenvalue weighted by Gasteiger charge is -2.08. The van der Waals surface area contributed by atoms with Crippen molar-refractivity contribution in [3.8, 4) is 0 Å². The van der Waals surface area contributed by atoms with Gasteiger partial charge in [-0.1, -0.05) is 30.3 Å². The minimum absolute atomic E-state index is 0.00391. The molecular weight excluding hydrogens is 378 g/mol. The number of hydrogen-bond donors (Lipinski definition) is 1. The monoisotopic (exact) mass is 405 g/mol. The molecule has 0 aliphatic heterocycles. The number of rotatable bonds is 15. The zero-order chi connectivity index (χ0) is 19.8.